The second-order valence-corrected chi connectivity index (χ2v) is 9.34. The monoisotopic (exact) mass is 494 g/mol. The van der Waals surface area contributed by atoms with E-state index in [1.807, 2.05) is 60.7 Å². The summed E-state index contributed by atoms with van der Waals surface area (Å²) in [5.74, 6) is -1.40. The Bertz CT molecular complexity index is 1430. The van der Waals surface area contributed by atoms with E-state index in [0.29, 0.717) is 35.2 Å². The van der Waals surface area contributed by atoms with Gasteiger partial charge in [-0.3, -0.25) is 14.9 Å². The second-order valence-electron chi connectivity index (χ2n) is 9.34. The van der Waals surface area contributed by atoms with Gasteiger partial charge in [-0.15, -0.1) is 0 Å². The molecule has 0 fully saturated rings. The SMILES string of the molecule is CC1=C(C(=O)OCc2ccccc2)[C@@H](c2cccc([N+](=O)[O-])c2)C2=C(C[C@@H](c3ccccc3)CC2=O)N1. The lowest BCUT2D eigenvalue weighted by molar-refractivity contribution is -0.384. The van der Waals surface area contributed by atoms with Gasteiger partial charge in [0.2, 0.25) is 0 Å². The first-order chi connectivity index (χ1) is 17.9. The van der Waals surface area contributed by atoms with E-state index in [9.17, 15) is 19.7 Å². The molecule has 0 amide bonds. The van der Waals surface area contributed by atoms with E-state index in [4.69, 9.17) is 4.74 Å². The van der Waals surface area contributed by atoms with Crippen molar-refractivity contribution in [2.45, 2.75) is 38.2 Å². The number of ether oxygens (including phenoxy) is 1. The highest BCUT2D eigenvalue weighted by atomic mass is 16.6. The number of ketones is 1. The van der Waals surface area contributed by atoms with Crippen LogP contribution in [0, 0.1) is 10.1 Å². The van der Waals surface area contributed by atoms with Gasteiger partial charge < -0.3 is 10.1 Å². The Morgan fingerprint density at radius 1 is 0.973 bits per heavy atom. The maximum absolute atomic E-state index is 13.7. The number of hydrogen-bond acceptors (Lipinski definition) is 6. The van der Waals surface area contributed by atoms with Gasteiger partial charge in [0.15, 0.2) is 5.78 Å². The summed E-state index contributed by atoms with van der Waals surface area (Å²) < 4.78 is 5.67. The first-order valence-corrected chi connectivity index (χ1v) is 12.2. The molecule has 5 rings (SSSR count). The Labute approximate surface area is 214 Å². The molecule has 1 heterocycles. The first kappa shape index (κ1) is 24.2. The summed E-state index contributed by atoms with van der Waals surface area (Å²) >= 11 is 0. The highest BCUT2D eigenvalue weighted by Crippen LogP contribution is 2.46. The third kappa shape index (κ3) is 4.93. The molecular formula is C30H26N2O5. The van der Waals surface area contributed by atoms with E-state index >= 15 is 0 Å². The fraction of sp³-hybridized carbons (Fsp3) is 0.200. The van der Waals surface area contributed by atoms with Gasteiger partial charge in [0.25, 0.3) is 5.69 Å². The van der Waals surface area contributed by atoms with E-state index in [0.717, 1.165) is 16.8 Å². The molecule has 0 saturated heterocycles. The van der Waals surface area contributed by atoms with E-state index in [2.05, 4.69) is 5.32 Å². The molecule has 3 aromatic rings. The zero-order chi connectivity index (χ0) is 25.9. The number of benzene rings is 3. The number of rotatable bonds is 6. The third-order valence-electron chi connectivity index (χ3n) is 6.95. The van der Waals surface area contributed by atoms with Crippen LogP contribution in [0.15, 0.2) is 107 Å². The van der Waals surface area contributed by atoms with Crippen molar-refractivity contribution in [3.05, 3.63) is 134 Å². The van der Waals surface area contributed by atoms with Crippen LogP contribution < -0.4 is 5.32 Å². The molecular weight excluding hydrogens is 468 g/mol. The van der Waals surface area contributed by atoms with Crippen LogP contribution in [0.4, 0.5) is 5.69 Å². The molecule has 2 atom stereocenters. The fourth-order valence-electron chi connectivity index (χ4n) is 5.22. The number of esters is 1. The molecule has 0 aromatic heterocycles. The molecule has 7 heteroatoms. The number of nitro benzene ring substituents is 1. The summed E-state index contributed by atoms with van der Waals surface area (Å²) in [6.45, 7) is 1.86. The van der Waals surface area contributed by atoms with Crippen molar-refractivity contribution in [2.24, 2.45) is 0 Å². The van der Waals surface area contributed by atoms with Crippen LogP contribution in [0.5, 0.6) is 0 Å². The Hall–Kier alpha value is -4.52. The highest BCUT2D eigenvalue weighted by Gasteiger charge is 2.41. The Morgan fingerprint density at radius 2 is 1.65 bits per heavy atom. The molecule has 7 nitrogen and oxygen atoms in total. The smallest absolute Gasteiger partial charge is 0.337 e. The molecule has 0 bridgehead atoms. The molecule has 0 unspecified atom stereocenters. The Morgan fingerprint density at radius 3 is 2.35 bits per heavy atom. The predicted octanol–water partition coefficient (Wildman–Crippen LogP) is 5.70. The minimum absolute atomic E-state index is 0.00471. The van der Waals surface area contributed by atoms with Crippen LogP contribution in [0.25, 0.3) is 0 Å². The number of Topliss-reactive ketones (excluding diaryl/α,β-unsaturated/α-hetero) is 1. The molecule has 1 aliphatic heterocycles. The average molecular weight is 495 g/mol. The maximum atomic E-state index is 13.7. The number of carbonyl (C=O) groups is 2. The lowest BCUT2D eigenvalue weighted by Gasteiger charge is -2.36. The van der Waals surface area contributed by atoms with Gasteiger partial charge in [-0.05, 0) is 36.0 Å². The average Bonchev–Trinajstić information content (AvgIpc) is 2.92. The number of allylic oxidation sites excluding steroid dienone is 3. The number of nitrogens with one attached hydrogen (secondary N) is 1. The number of nitro groups is 1. The molecule has 186 valence electrons. The van der Waals surface area contributed by atoms with Crippen LogP contribution in [-0.2, 0) is 20.9 Å². The van der Waals surface area contributed by atoms with Gasteiger partial charge in [-0.2, -0.15) is 0 Å². The molecule has 37 heavy (non-hydrogen) atoms. The first-order valence-electron chi connectivity index (χ1n) is 12.2. The topological polar surface area (TPSA) is 98.5 Å². The fourth-order valence-corrected chi connectivity index (χ4v) is 5.22. The summed E-state index contributed by atoms with van der Waals surface area (Å²) in [6, 6.07) is 25.4. The van der Waals surface area contributed by atoms with Gasteiger partial charge in [-0.25, -0.2) is 4.79 Å². The zero-order valence-corrected chi connectivity index (χ0v) is 20.3. The standard InChI is InChI=1S/C30H26N2O5/c1-19-27(30(34)37-18-20-9-4-2-5-10-20)28(22-13-8-14-24(15-22)32(35)36)29-25(31-19)16-23(17-26(29)33)21-11-6-3-7-12-21/h2-15,23,28,31H,16-18H2,1H3/t23-,28-/m1/s1. The summed E-state index contributed by atoms with van der Waals surface area (Å²) in [5.41, 5.74) is 4.43. The van der Waals surface area contributed by atoms with E-state index in [1.165, 1.54) is 12.1 Å². The quantitative estimate of drug-likeness (QED) is 0.268. The van der Waals surface area contributed by atoms with Gasteiger partial charge in [-0.1, -0.05) is 72.8 Å². The molecule has 0 radical (unpaired) electrons. The number of dihydropyridines is 1. The minimum Gasteiger partial charge on any atom is -0.457 e. The van der Waals surface area contributed by atoms with Gasteiger partial charge in [0.05, 0.1) is 10.5 Å². The van der Waals surface area contributed by atoms with Crippen molar-refractivity contribution in [1.82, 2.24) is 5.32 Å². The maximum Gasteiger partial charge on any atom is 0.337 e. The molecule has 0 spiro atoms. The summed E-state index contributed by atoms with van der Waals surface area (Å²) in [6.07, 6.45) is 0.890. The zero-order valence-electron chi connectivity index (χ0n) is 20.3. The van der Waals surface area contributed by atoms with E-state index in [1.54, 1.807) is 19.1 Å². The normalized spacial score (nSPS) is 19.2. The highest BCUT2D eigenvalue weighted by molar-refractivity contribution is 6.04. The number of non-ortho nitro benzene ring substituents is 1. The van der Waals surface area contributed by atoms with Crippen LogP contribution in [0.1, 0.15) is 48.3 Å². The molecule has 0 saturated carbocycles. The third-order valence-corrected chi connectivity index (χ3v) is 6.95. The molecule has 1 N–H and O–H groups in total. The lowest BCUT2D eigenvalue weighted by atomic mass is 9.71. The number of hydrogen-bond donors (Lipinski definition) is 1. The Kier molecular flexibility index (Phi) is 6.68. The number of carbonyl (C=O) groups excluding carboxylic acids is 2. The largest absolute Gasteiger partial charge is 0.457 e. The van der Waals surface area contributed by atoms with Crippen molar-refractivity contribution in [2.75, 3.05) is 0 Å². The van der Waals surface area contributed by atoms with Crippen molar-refractivity contribution >= 4 is 17.4 Å². The van der Waals surface area contributed by atoms with Crippen LogP contribution >= 0.6 is 0 Å². The van der Waals surface area contributed by atoms with Gasteiger partial charge in [0.1, 0.15) is 6.61 Å². The van der Waals surface area contributed by atoms with Crippen LogP contribution in [0.3, 0.4) is 0 Å². The lowest BCUT2D eigenvalue weighted by Crippen LogP contribution is -2.36. The minimum atomic E-state index is -0.761. The summed E-state index contributed by atoms with van der Waals surface area (Å²) in [7, 11) is 0. The van der Waals surface area contributed by atoms with Crippen LogP contribution in [0.2, 0.25) is 0 Å². The van der Waals surface area contributed by atoms with Gasteiger partial charge >= 0.3 is 5.97 Å². The van der Waals surface area contributed by atoms with Crippen molar-refractivity contribution in [3.63, 3.8) is 0 Å². The summed E-state index contributed by atoms with van der Waals surface area (Å²) in [4.78, 5) is 38.2. The molecule has 3 aromatic carbocycles. The Balaban J connectivity index is 1.55. The second kappa shape index (κ2) is 10.2. The van der Waals surface area contributed by atoms with Crippen molar-refractivity contribution < 1.29 is 19.2 Å². The van der Waals surface area contributed by atoms with E-state index in [-0.39, 0.29) is 24.0 Å². The van der Waals surface area contributed by atoms with Crippen molar-refractivity contribution in [1.29, 1.82) is 0 Å². The number of nitrogens with zero attached hydrogens (tertiary/aromatic N) is 1. The van der Waals surface area contributed by atoms with Gasteiger partial charge in [0, 0.05) is 41.4 Å². The molecule has 2 aliphatic rings. The molecule has 1 aliphatic carbocycles. The van der Waals surface area contributed by atoms with Crippen molar-refractivity contribution in [3.8, 4) is 0 Å². The van der Waals surface area contributed by atoms with E-state index < -0.39 is 16.8 Å². The van der Waals surface area contributed by atoms with Crippen LogP contribution in [-0.4, -0.2) is 16.7 Å². The summed E-state index contributed by atoms with van der Waals surface area (Å²) in [5, 5.41) is 14.9. The predicted molar refractivity (Wildman–Crippen MR) is 138 cm³/mol.